The van der Waals surface area contributed by atoms with E-state index in [4.69, 9.17) is 11.6 Å². The predicted octanol–water partition coefficient (Wildman–Crippen LogP) is 4.59. The Morgan fingerprint density at radius 3 is 2.85 bits per heavy atom. The van der Waals surface area contributed by atoms with Gasteiger partial charge in [-0.1, -0.05) is 23.7 Å². The molecule has 2 aromatic carbocycles. The van der Waals surface area contributed by atoms with E-state index in [0.29, 0.717) is 22.0 Å². The van der Waals surface area contributed by atoms with Crippen LogP contribution < -0.4 is 4.90 Å². The van der Waals surface area contributed by atoms with Crippen molar-refractivity contribution in [1.29, 1.82) is 0 Å². The number of nitro groups is 1. The summed E-state index contributed by atoms with van der Waals surface area (Å²) in [6.45, 7) is 1.68. The van der Waals surface area contributed by atoms with Gasteiger partial charge in [0, 0.05) is 33.8 Å². The third-order valence-electron chi connectivity index (χ3n) is 4.45. The van der Waals surface area contributed by atoms with Gasteiger partial charge in [0.2, 0.25) is 0 Å². The highest BCUT2D eigenvalue weighted by Crippen LogP contribution is 2.41. The van der Waals surface area contributed by atoms with E-state index in [1.165, 1.54) is 6.07 Å². The Hall–Kier alpha value is -2.96. The quantitative estimate of drug-likeness (QED) is 0.529. The van der Waals surface area contributed by atoms with Crippen molar-refractivity contribution in [1.82, 2.24) is 4.98 Å². The summed E-state index contributed by atoms with van der Waals surface area (Å²) in [7, 11) is 0. The Morgan fingerprint density at radius 2 is 2.08 bits per heavy atom. The zero-order valence-corrected chi connectivity index (χ0v) is 14.5. The number of anilines is 2. The van der Waals surface area contributed by atoms with E-state index in [9.17, 15) is 15.2 Å². The van der Waals surface area contributed by atoms with Crippen molar-refractivity contribution >= 4 is 45.6 Å². The van der Waals surface area contributed by atoms with Crippen molar-refractivity contribution in [3.63, 3.8) is 0 Å². The first kappa shape index (κ1) is 16.5. The van der Waals surface area contributed by atoms with Crippen LogP contribution >= 0.6 is 11.6 Å². The fourth-order valence-electron chi connectivity index (χ4n) is 3.19. The van der Waals surface area contributed by atoms with Crippen LogP contribution in [-0.4, -0.2) is 21.2 Å². The Balaban J connectivity index is 2.00. The summed E-state index contributed by atoms with van der Waals surface area (Å²) in [5.41, 5.74) is 3.32. The Kier molecular flexibility index (Phi) is 3.86. The maximum absolute atomic E-state index is 11.3. The lowest BCUT2D eigenvalue weighted by molar-refractivity contribution is -0.385. The van der Waals surface area contributed by atoms with Crippen LogP contribution in [0.5, 0.6) is 0 Å². The lowest BCUT2D eigenvalue weighted by atomic mass is 10.0. The minimum atomic E-state index is -0.964. The van der Waals surface area contributed by atoms with Gasteiger partial charge in [-0.15, -0.1) is 0 Å². The largest absolute Gasteiger partial charge is 0.370 e. The number of nitrogens with zero attached hydrogens (tertiary/aromatic N) is 3. The molecule has 1 unspecified atom stereocenters. The fourth-order valence-corrected chi connectivity index (χ4v) is 3.36. The number of hydrogen-bond donors (Lipinski definition) is 1. The van der Waals surface area contributed by atoms with E-state index < -0.39 is 11.2 Å². The molecule has 1 aliphatic rings. The average molecular weight is 368 g/mol. The first-order valence-electron chi connectivity index (χ1n) is 7.94. The van der Waals surface area contributed by atoms with Gasteiger partial charge in [0.05, 0.1) is 21.8 Å². The second-order valence-corrected chi connectivity index (χ2v) is 6.53. The highest BCUT2D eigenvalue weighted by molar-refractivity contribution is 6.31. The molecule has 0 radical (unpaired) electrons. The zero-order valence-electron chi connectivity index (χ0n) is 13.8. The van der Waals surface area contributed by atoms with Gasteiger partial charge in [0.1, 0.15) is 0 Å². The Morgan fingerprint density at radius 1 is 1.27 bits per heavy atom. The number of pyridine rings is 1. The van der Waals surface area contributed by atoms with Crippen LogP contribution in [0.2, 0.25) is 5.02 Å². The minimum Gasteiger partial charge on any atom is -0.370 e. The van der Waals surface area contributed by atoms with Gasteiger partial charge in [-0.05, 0) is 37.3 Å². The van der Waals surface area contributed by atoms with E-state index in [-0.39, 0.29) is 5.69 Å². The van der Waals surface area contributed by atoms with Gasteiger partial charge in [-0.3, -0.25) is 15.1 Å². The van der Waals surface area contributed by atoms with Crippen molar-refractivity contribution in [2.75, 3.05) is 4.90 Å². The first-order valence-corrected chi connectivity index (χ1v) is 8.32. The standard InChI is InChI=1S/C19H14ClN3O3/c1-11-2-5-14(9-17(11)23(25)26)22-18(24)7-3-12-10-21-16-6-4-13(20)8-15(16)19(12)22/h2-10,18,24H,1H3. The number of halogens is 1. The molecule has 0 fully saturated rings. The number of hydrogen-bond acceptors (Lipinski definition) is 5. The lowest BCUT2D eigenvalue weighted by Crippen LogP contribution is -2.32. The Labute approximate surface area is 154 Å². The molecule has 7 heteroatoms. The van der Waals surface area contributed by atoms with Gasteiger partial charge in [0.15, 0.2) is 6.23 Å². The van der Waals surface area contributed by atoms with Crippen molar-refractivity contribution in [3.05, 3.63) is 74.9 Å². The molecule has 0 saturated carbocycles. The third-order valence-corrected chi connectivity index (χ3v) is 4.69. The van der Waals surface area contributed by atoms with Crippen molar-refractivity contribution in [2.45, 2.75) is 13.2 Å². The minimum absolute atomic E-state index is 0.00203. The summed E-state index contributed by atoms with van der Waals surface area (Å²) in [5.74, 6) is 0. The van der Waals surface area contributed by atoms with E-state index >= 15 is 0 Å². The van der Waals surface area contributed by atoms with Crippen LogP contribution in [0.15, 0.2) is 48.7 Å². The van der Waals surface area contributed by atoms with Crippen molar-refractivity contribution in [3.8, 4) is 0 Å². The molecular weight excluding hydrogens is 354 g/mol. The molecular formula is C19H14ClN3O3. The summed E-state index contributed by atoms with van der Waals surface area (Å²) in [6.07, 6.45) is 4.15. The van der Waals surface area contributed by atoms with Gasteiger partial charge in [-0.2, -0.15) is 0 Å². The van der Waals surface area contributed by atoms with E-state index in [1.54, 1.807) is 60.5 Å². The smallest absolute Gasteiger partial charge is 0.274 e. The maximum Gasteiger partial charge on any atom is 0.274 e. The van der Waals surface area contributed by atoms with Crippen LogP contribution in [-0.2, 0) is 0 Å². The van der Waals surface area contributed by atoms with E-state index in [2.05, 4.69) is 4.98 Å². The van der Waals surface area contributed by atoms with Crippen molar-refractivity contribution < 1.29 is 10.0 Å². The number of benzene rings is 2. The van der Waals surface area contributed by atoms with Gasteiger partial charge < -0.3 is 10.0 Å². The maximum atomic E-state index is 11.3. The fraction of sp³-hybridized carbons (Fsp3) is 0.105. The third kappa shape index (κ3) is 2.60. The van der Waals surface area contributed by atoms with Gasteiger partial charge >= 0.3 is 0 Å². The molecule has 1 atom stereocenters. The van der Waals surface area contributed by atoms with E-state index in [1.807, 2.05) is 0 Å². The van der Waals surface area contributed by atoms with Crippen LogP contribution in [0.4, 0.5) is 17.1 Å². The highest BCUT2D eigenvalue weighted by atomic mass is 35.5. The predicted molar refractivity (Wildman–Crippen MR) is 102 cm³/mol. The summed E-state index contributed by atoms with van der Waals surface area (Å²) < 4.78 is 0. The number of aryl methyl sites for hydroxylation is 1. The molecule has 1 N–H and O–H groups in total. The molecule has 1 aromatic heterocycles. The van der Waals surface area contributed by atoms with Crippen LogP contribution in [0.1, 0.15) is 11.1 Å². The normalized spacial score (nSPS) is 16.0. The molecule has 0 spiro atoms. The number of aromatic nitrogens is 1. The molecule has 0 bridgehead atoms. The van der Waals surface area contributed by atoms with E-state index in [0.717, 1.165) is 16.5 Å². The molecule has 6 nitrogen and oxygen atoms in total. The highest BCUT2D eigenvalue weighted by Gasteiger charge is 2.26. The molecule has 26 heavy (non-hydrogen) atoms. The number of rotatable bonds is 2. The first-order chi connectivity index (χ1) is 12.5. The SMILES string of the molecule is Cc1ccc(N2c3c(cnc4ccc(Cl)cc34)C=CC2O)cc1[N+](=O)[O-]. The summed E-state index contributed by atoms with van der Waals surface area (Å²) in [5, 5.41) is 23.2. The second-order valence-electron chi connectivity index (χ2n) is 6.09. The number of aliphatic hydroxyl groups is 1. The lowest BCUT2D eigenvalue weighted by Gasteiger charge is -2.33. The second kappa shape index (κ2) is 6.09. The van der Waals surface area contributed by atoms with Gasteiger partial charge in [-0.25, -0.2) is 0 Å². The number of nitro benzene ring substituents is 1. The van der Waals surface area contributed by atoms with Crippen LogP contribution in [0.3, 0.4) is 0 Å². The number of fused-ring (bicyclic) bond motifs is 3. The molecule has 3 aromatic rings. The average Bonchev–Trinajstić information content (AvgIpc) is 2.62. The summed E-state index contributed by atoms with van der Waals surface area (Å²) in [6, 6.07) is 10.2. The molecule has 0 saturated heterocycles. The summed E-state index contributed by atoms with van der Waals surface area (Å²) in [4.78, 5) is 17.0. The molecule has 130 valence electrons. The number of aliphatic hydroxyl groups excluding tert-OH is 1. The van der Waals surface area contributed by atoms with Crippen molar-refractivity contribution in [2.24, 2.45) is 0 Å². The molecule has 2 heterocycles. The van der Waals surface area contributed by atoms with Crippen LogP contribution in [0.25, 0.3) is 17.0 Å². The van der Waals surface area contributed by atoms with Gasteiger partial charge in [0.25, 0.3) is 5.69 Å². The summed E-state index contributed by atoms with van der Waals surface area (Å²) >= 11 is 6.16. The van der Waals surface area contributed by atoms with Crippen LogP contribution in [0, 0.1) is 17.0 Å². The molecule has 4 rings (SSSR count). The Bertz CT molecular complexity index is 1080. The zero-order chi connectivity index (χ0) is 18.4. The topological polar surface area (TPSA) is 79.5 Å². The monoisotopic (exact) mass is 367 g/mol. The molecule has 1 aliphatic heterocycles. The molecule has 0 aliphatic carbocycles. The molecule has 0 amide bonds.